The molecule has 11 unspecified atom stereocenters. The highest BCUT2D eigenvalue weighted by atomic mass is 16.7. The molecule has 2 saturated heterocycles. The fourth-order valence-corrected chi connectivity index (χ4v) is 7.55. The average molecular weight is 1000 g/mol. The van der Waals surface area contributed by atoms with Crippen LogP contribution in [0.2, 0.25) is 0 Å². The van der Waals surface area contributed by atoms with Gasteiger partial charge in [-0.1, -0.05) is 155 Å². The van der Waals surface area contributed by atoms with Crippen LogP contribution in [0.3, 0.4) is 0 Å². The first-order chi connectivity index (χ1) is 34.6. The van der Waals surface area contributed by atoms with Crippen LogP contribution in [-0.2, 0) is 33.2 Å². The second kappa shape index (κ2) is 43.1. The predicted molar refractivity (Wildman–Crippen MR) is 279 cm³/mol. The van der Waals surface area contributed by atoms with Crippen molar-refractivity contribution in [2.45, 2.75) is 210 Å². The molecule has 0 bridgehead atoms. The van der Waals surface area contributed by atoms with Crippen LogP contribution in [0.1, 0.15) is 142 Å². The quantitative estimate of drug-likeness (QED) is 0.0175. The van der Waals surface area contributed by atoms with Crippen molar-refractivity contribution in [1.29, 1.82) is 0 Å². The number of ether oxygens (including phenoxy) is 6. The minimum atomic E-state index is -1.73. The van der Waals surface area contributed by atoms with E-state index < -0.39 is 86.7 Å². The molecule has 7 N–H and O–H groups in total. The van der Waals surface area contributed by atoms with Gasteiger partial charge >= 0.3 is 5.97 Å². The van der Waals surface area contributed by atoms with E-state index in [0.29, 0.717) is 13.0 Å². The lowest BCUT2D eigenvalue weighted by Crippen LogP contribution is -2.61. The van der Waals surface area contributed by atoms with Crippen molar-refractivity contribution in [2.24, 2.45) is 0 Å². The van der Waals surface area contributed by atoms with Gasteiger partial charge < -0.3 is 64.2 Å². The molecule has 14 heteroatoms. The highest BCUT2D eigenvalue weighted by Gasteiger charge is 2.47. The van der Waals surface area contributed by atoms with Crippen molar-refractivity contribution in [3.8, 4) is 0 Å². The molecule has 2 aliphatic heterocycles. The van der Waals surface area contributed by atoms with E-state index in [9.17, 15) is 40.5 Å². The lowest BCUT2D eigenvalue weighted by atomic mass is 9.98. The van der Waals surface area contributed by atoms with Crippen molar-refractivity contribution in [3.05, 3.63) is 109 Å². The SMILES string of the molecule is CC/C=C\C/C=C\C/C=C\C/C=C\C/C=C\C/C=C\CCCOCC(COC1OC(COC2OC(CO)C(O)C(O)C2O)C(O)C(O)C1O)OC(=O)CCCCCCCCC/C=C\C/C=C\C/C=C\CC. The summed E-state index contributed by atoms with van der Waals surface area (Å²) in [7, 11) is 0. The fraction of sp³-hybridized carbons (Fsp3) is 0.667. The summed E-state index contributed by atoms with van der Waals surface area (Å²) in [5, 5.41) is 72.2. The summed E-state index contributed by atoms with van der Waals surface area (Å²) in [4.78, 5) is 13.0. The maximum atomic E-state index is 13.0. The normalized spacial score (nSPS) is 26.2. The zero-order valence-electron chi connectivity index (χ0n) is 42.9. The van der Waals surface area contributed by atoms with Gasteiger partial charge in [0.25, 0.3) is 0 Å². The van der Waals surface area contributed by atoms with Crippen LogP contribution < -0.4 is 0 Å². The standard InChI is InChI=1S/C57H92O14/c1-3-5-7-9-11-13-15-17-19-21-22-23-25-27-29-31-33-35-37-39-41-66-43-46(69-49(59)40-38-36-34-32-30-28-26-24-20-18-16-14-12-10-8-6-4-2)44-67-56-55(65)53(63)51(61)48(71-56)45-68-57-54(64)52(62)50(60)47(42-58)70-57/h5-8,11-14,17-20,22-23,27,29,33,35,46-48,50-58,60-65H,3-4,9-10,15-16,21,24-26,28,30-32,34,36-45H2,1-2H3/b7-5-,8-6-,13-11-,14-12-,19-17-,20-18-,23-22-,29-27-,35-33-. The molecule has 0 aromatic carbocycles. The molecule has 2 fully saturated rings. The molecule has 0 aliphatic carbocycles. The third-order valence-corrected chi connectivity index (χ3v) is 11.8. The van der Waals surface area contributed by atoms with Gasteiger partial charge in [-0.2, -0.15) is 0 Å². The molecule has 71 heavy (non-hydrogen) atoms. The van der Waals surface area contributed by atoms with Crippen LogP contribution in [0.5, 0.6) is 0 Å². The molecule has 404 valence electrons. The molecule has 0 radical (unpaired) electrons. The summed E-state index contributed by atoms with van der Waals surface area (Å²) in [6, 6.07) is 0. The molecule has 2 rings (SSSR count). The third-order valence-electron chi connectivity index (χ3n) is 11.8. The minimum Gasteiger partial charge on any atom is -0.457 e. The molecule has 14 nitrogen and oxygen atoms in total. The van der Waals surface area contributed by atoms with Gasteiger partial charge in [-0.15, -0.1) is 0 Å². The molecular formula is C57H92O14. The molecule has 0 aromatic rings. The second-order valence-electron chi connectivity index (χ2n) is 17.9. The predicted octanol–water partition coefficient (Wildman–Crippen LogP) is 8.40. The molecule has 0 aromatic heterocycles. The monoisotopic (exact) mass is 1000 g/mol. The van der Waals surface area contributed by atoms with Gasteiger partial charge in [-0.05, 0) is 89.9 Å². The molecule has 0 spiro atoms. The highest BCUT2D eigenvalue weighted by molar-refractivity contribution is 5.69. The molecule has 0 saturated carbocycles. The summed E-state index contributed by atoms with van der Waals surface area (Å²) in [5.41, 5.74) is 0. The van der Waals surface area contributed by atoms with E-state index >= 15 is 0 Å². The average Bonchev–Trinajstić information content (AvgIpc) is 3.37. The lowest BCUT2D eigenvalue weighted by Gasteiger charge is -2.42. The van der Waals surface area contributed by atoms with Gasteiger partial charge in [0.05, 0.1) is 26.4 Å². The highest BCUT2D eigenvalue weighted by Crippen LogP contribution is 2.26. The van der Waals surface area contributed by atoms with Gasteiger partial charge in [0.1, 0.15) is 54.9 Å². The Balaban J connectivity index is 1.80. The first-order valence-electron chi connectivity index (χ1n) is 26.5. The molecule has 2 heterocycles. The van der Waals surface area contributed by atoms with E-state index in [4.69, 9.17) is 28.4 Å². The van der Waals surface area contributed by atoms with Crippen molar-refractivity contribution < 1.29 is 69.0 Å². The Morgan fingerprint density at radius 3 is 1.37 bits per heavy atom. The summed E-state index contributed by atoms with van der Waals surface area (Å²) in [6.45, 7) is 3.26. The van der Waals surface area contributed by atoms with Crippen molar-refractivity contribution in [3.63, 3.8) is 0 Å². The van der Waals surface area contributed by atoms with E-state index in [2.05, 4.69) is 123 Å². The number of aliphatic hydroxyl groups excluding tert-OH is 7. The Kier molecular flexibility index (Phi) is 38.7. The Labute approximate surface area is 425 Å². The van der Waals surface area contributed by atoms with Crippen LogP contribution in [-0.4, -0.2) is 142 Å². The van der Waals surface area contributed by atoms with E-state index in [0.717, 1.165) is 103 Å². The van der Waals surface area contributed by atoms with E-state index in [1.807, 2.05) is 0 Å². The third kappa shape index (κ3) is 30.4. The Bertz CT molecular complexity index is 1580. The summed E-state index contributed by atoms with van der Waals surface area (Å²) in [6.07, 6.45) is 41.6. The van der Waals surface area contributed by atoms with Crippen molar-refractivity contribution in [1.82, 2.24) is 0 Å². The van der Waals surface area contributed by atoms with Gasteiger partial charge in [-0.3, -0.25) is 4.79 Å². The van der Waals surface area contributed by atoms with Crippen LogP contribution in [0.25, 0.3) is 0 Å². The number of aliphatic hydroxyl groups is 7. The molecular weight excluding hydrogens is 909 g/mol. The van der Waals surface area contributed by atoms with Crippen LogP contribution in [0.15, 0.2) is 109 Å². The number of esters is 1. The van der Waals surface area contributed by atoms with Crippen molar-refractivity contribution in [2.75, 3.05) is 33.0 Å². The summed E-state index contributed by atoms with van der Waals surface area (Å²) < 4.78 is 34.2. The van der Waals surface area contributed by atoms with E-state index in [1.54, 1.807) is 0 Å². The Morgan fingerprint density at radius 1 is 0.465 bits per heavy atom. The fourth-order valence-electron chi connectivity index (χ4n) is 7.55. The van der Waals surface area contributed by atoms with Crippen LogP contribution in [0, 0.1) is 0 Å². The summed E-state index contributed by atoms with van der Waals surface area (Å²) >= 11 is 0. The second-order valence-corrected chi connectivity index (χ2v) is 17.9. The Hall–Kier alpha value is -3.35. The van der Waals surface area contributed by atoms with Gasteiger partial charge in [0.15, 0.2) is 12.6 Å². The number of hydrogen-bond acceptors (Lipinski definition) is 14. The molecule has 11 atom stereocenters. The summed E-state index contributed by atoms with van der Waals surface area (Å²) in [5.74, 6) is -0.411. The van der Waals surface area contributed by atoms with Gasteiger partial charge in [-0.25, -0.2) is 0 Å². The topological polar surface area (TPSA) is 214 Å². The van der Waals surface area contributed by atoms with Gasteiger partial charge in [0.2, 0.25) is 0 Å². The maximum absolute atomic E-state index is 13.0. The number of hydrogen-bond donors (Lipinski definition) is 7. The smallest absolute Gasteiger partial charge is 0.306 e. The number of carbonyl (C=O) groups excluding carboxylic acids is 1. The number of unbranched alkanes of at least 4 members (excludes halogenated alkanes) is 8. The van der Waals surface area contributed by atoms with Crippen LogP contribution in [0.4, 0.5) is 0 Å². The number of rotatable bonds is 40. The largest absolute Gasteiger partial charge is 0.457 e. The van der Waals surface area contributed by atoms with Crippen molar-refractivity contribution >= 4 is 5.97 Å². The first kappa shape index (κ1) is 63.8. The minimum absolute atomic E-state index is 0.00959. The number of carbonyl (C=O) groups is 1. The van der Waals surface area contributed by atoms with Gasteiger partial charge in [0, 0.05) is 13.0 Å². The molecule has 0 amide bonds. The zero-order chi connectivity index (χ0) is 51.6. The van der Waals surface area contributed by atoms with E-state index in [-0.39, 0.29) is 19.6 Å². The Morgan fingerprint density at radius 2 is 0.873 bits per heavy atom. The molecule has 2 aliphatic rings. The van der Waals surface area contributed by atoms with Crippen LogP contribution >= 0.6 is 0 Å². The zero-order valence-corrected chi connectivity index (χ0v) is 42.9. The number of allylic oxidation sites excluding steroid dienone is 18. The first-order valence-corrected chi connectivity index (χ1v) is 26.5. The lowest BCUT2D eigenvalue weighted by molar-refractivity contribution is -0.332. The maximum Gasteiger partial charge on any atom is 0.306 e. The van der Waals surface area contributed by atoms with E-state index in [1.165, 1.54) is 12.8 Å².